The van der Waals surface area contributed by atoms with Crippen LogP contribution in [0, 0.1) is 0 Å². The molecule has 0 radical (unpaired) electrons. The molecule has 2 aromatic rings. The van der Waals surface area contributed by atoms with Gasteiger partial charge in [-0.05, 0) is 62.2 Å². The summed E-state index contributed by atoms with van der Waals surface area (Å²) in [5.41, 5.74) is 1.73. The van der Waals surface area contributed by atoms with Crippen LogP contribution < -0.4 is 14.4 Å². The molecule has 0 saturated carbocycles. The van der Waals surface area contributed by atoms with Crippen molar-refractivity contribution in [3.05, 3.63) is 53.1 Å². The first-order valence-corrected chi connectivity index (χ1v) is 8.92. The number of hydrogen-bond donors (Lipinski definition) is 0. The average Bonchev–Trinajstić information content (AvgIpc) is 2.62. The minimum absolute atomic E-state index is 0.0738. The minimum atomic E-state index is 0.0738. The predicted octanol–water partition coefficient (Wildman–Crippen LogP) is 4.60. The Balaban J connectivity index is 1.50. The lowest BCUT2D eigenvalue weighted by atomic mass is 10.1. The van der Waals surface area contributed by atoms with Crippen LogP contribution in [0.3, 0.4) is 0 Å². The zero-order valence-electron chi connectivity index (χ0n) is 14.3. The largest absolute Gasteiger partial charge is 0.494 e. The van der Waals surface area contributed by atoms with Gasteiger partial charge in [0.05, 0.1) is 18.8 Å². The highest BCUT2D eigenvalue weighted by molar-refractivity contribution is 6.30. The number of hydrogen-bond acceptors (Lipinski definition) is 4. The third-order valence-electron chi connectivity index (χ3n) is 4.23. The van der Waals surface area contributed by atoms with E-state index < -0.39 is 0 Å². The lowest BCUT2D eigenvalue weighted by Crippen LogP contribution is -2.33. The highest BCUT2D eigenvalue weighted by Gasteiger charge is 2.18. The van der Waals surface area contributed by atoms with Gasteiger partial charge in [0.15, 0.2) is 5.78 Å². The van der Waals surface area contributed by atoms with Gasteiger partial charge in [-0.15, -0.1) is 0 Å². The van der Waals surface area contributed by atoms with Crippen LogP contribution in [0.2, 0.25) is 5.02 Å². The second kappa shape index (κ2) is 8.26. The summed E-state index contributed by atoms with van der Waals surface area (Å²) in [5.74, 6) is 1.77. The van der Waals surface area contributed by atoms with E-state index in [-0.39, 0.29) is 5.78 Å². The lowest BCUT2D eigenvalue weighted by molar-refractivity contribution is 0.101. The van der Waals surface area contributed by atoms with Crippen molar-refractivity contribution in [2.75, 3.05) is 31.2 Å². The molecule has 4 nitrogen and oxygen atoms in total. The van der Waals surface area contributed by atoms with Gasteiger partial charge in [0.25, 0.3) is 0 Å². The summed E-state index contributed by atoms with van der Waals surface area (Å²) in [5, 5.41) is 0.711. The fourth-order valence-corrected chi connectivity index (χ4v) is 2.98. The van der Waals surface area contributed by atoms with E-state index in [1.54, 1.807) is 6.92 Å². The molecule has 0 fully saturated rings. The van der Waals surface area contributed by atoms with Crippen LogP contribution in [0.1, 0.15) is 30.1 Å². The van der Waals surface area contributed by atoms with Crippen LogP contribution >= 0.6 is 11.6 Å². The molecule has 0 unspecified atom stereocenters. The van der Waals surface area contributed by atoms with Gasteiger partial charge in [0, 0.05) is 17.1 Å². The van der Waals surface area contributed by atoms with Crippen LogP contribution in [-0.4, -0.2) is 32.1 Å². The second-order valence-corrected chi connectivity index (χ2v) is 6.52. The van der Waals surface area contributed by atoms with Crippen molar-refractivity contribution in [2.45, 2.75) is 19.8 Å². The molecule has 0 aromatic heterocycles. The third-order valence-corrected chi connectivity index (χ3v) is 4.48. The van der Waals surface area contributed by atoms with Crippen molar-refractivity contribution in [1.82, 2.24) is 0 Å². The Bertz CT molecular complexity index is 730. The first-order chi connectivity index (χ1) is 12.1. The summed E-state index contributed by atoms with van der Waals surface area (Å²) in [6, 6.07) is 13.1. The van der Waals surface area contributed by atoms with Gasteiger partial charge in [-0.2, -0.15) is 0 Å². The molecule has 0 N–H and O–H groups in total. The van der Waals surface area contributed by atoms with Crippen LogP contribution in [-0.2, 0) is 0 Å². The molecule has 132 valence electrons. The predicted molar refractivity (Wildman–Crippen MR) is 100 cm³/mol. The lowest BCUT2D eigenvalue weighted by Gasteiger charge is -2.31. The molecule has 0 amide bonds. The molecule has 5 heteroatoms. The Kier molecular flexibility index (Phi) is 5.82. The van der Waals surface area contributed by atoms with E-state index in [1.807, 2.05) is 42.5 Å². The van der Waals surface area contributed by atoms with Gasteiger partial charge in [-0.1, -0.05) is 11.6 Å². The van der Waals surface area contributed by atoms with Gasteiger partial charge < -0.3 is 14.4 Å². The molecule has 0 saturated heterocycles. The van der Waals surface area contributed by atoms with Gasteiger partial charge >= 0.3 is 0 Å². The number of benzene rings is 2. The number of ketones is 1. The Hall–Kier alpha value is -2.20. The van der Waals surface area contributed by atoms with Crippen LogP contribution in [0.15, 0.2) is 42.5 Å². The van der Waals surface area contributed by atoms with Crippen molar-refractivity contribution in [3.8, 4) is 11.5 Å². The molecule has 0 spiro atoms. The van der Waals surface area contributed by atoms with Crippen LogP contribution in [0.5, 0.6) is 11.5 Å². The summed E-state index contributed by atoms with van der Waals surface area (Å²) in [6.07, 6.45) is 1.97. The number of halogens is 1. The van der Waals surface area contributed by atoms with E-state index in [0.717, 1.165) is 48.7 Å². The van der Waals surface area contributed by atoms with Crippen molar-refractivity contribution >= 4 is 23.1 Å². The first kappa shape index (κ1) is 17.6. The molecular formula is C20H22ClNO3. The Morgan fingerprint density at radius 2 is 2.00 bits per heavy atom. The Morgan fingerprint density at radius 1 is 1.20 bits per heavy atom. The molecule has 0 aliphatic carbocycles. The Labute approximate surface area is 153 Å². The average molecular weight is 360 g/mol. The SMILES string of the molecule is CC(=O)c1ccc2c(c1)N(CCCCOc1ccc(Cl)cc1)CCO2. The minimum Gasteiger partial charge on any atom is -0.494 e. The summed E-state index contributed by atoms with van der Waals surface area (Å²) in [4.78, 5) is 13.9. The normalized spacial score (nSPS) is 13.1. The number of carbonyl (C=O) groups is 1. The number of rotatable bonds is 7. The molecule has 1 aliphatic heterocycles. The molecule has 1 heterocycles. The van der Waals surface area contributed by atoms with Crippen molar-refractivity contribution in [1.29, 1.82) is 0 Å². The van der Waals surface area contributed by atoms with E-state index in [4.69, 9.17) is 21.1 Å². The van der Waals surface area contributed by atoms with E-state index in [1.165, 1.54) is 0 Å². The van der Waals surface area contributed by atoms with Crippen LogP contribution in [0.4, 0.5) is 5.69 Å². The zero-order valence-corrected chi connectivity index (χ0v) is 15.1. The third kappa shape index (κ3) is 4.67. The van der Waals surface area contributed by atoms with Crippen molar-refractivity contribution in [2.24, 2.45) is 0 Å². The Morgan fingerprint density at radius 3 is 2.76 bits per heavy atom. The highest BCUT2D eigenvalue weighted by atomic mass is 35.5. The molecule has 0 bridgehead atoms. The summed E-state index contributed by atoms with van der Waals surface area (Å²) >= 11 is 5.86. The molecule has 2 aromatic carbocycles. The van der Waals surface area contributed by atoms with Crippen LogP contribution in [0.25, 0.3) is 0 Å². The first-order valence-electron chi connectivity index (χ1n) is 8.54. The summed E-state index contributed by atoms with van der Waals surface area (Å²) < 4.78 is 11.4. The number of unbranched alkanes of at least 4 members (excludes halogenated alkanes) is 1. The fraction of sp³-hybridized carbons (Fsp3) is 0.350. The quantitative estimate of drug-likeness (QED) is 0.535. The number of anilines is 1. The topological polar surface area (TPSA) is 38.8 Å². The smallest absolute Gasteiger partial charge is 0.159 e. The molecular weight excluding hydrogens is 338 g/mol. The van der Waals surface area contributed by atoms with Gasteiger partial charge in [-0.3, -0.25) is 4.79 Å². The maximum absolute atomic E-state index is 11.6. The van der Waals surface area contributed by atoms with E-state index >= 15 is 0 Å². The van der Waals surface area contributed by atoms with Gasteiger partial charge in [0.2, 0.25) is 0 Å². The molecule has 1 aliphatic rings. The molecule has 25 heavy (non-hydrogen) atoms. The summed E-state index contributed by atoms with van der Waals surface area (Å²) in [7, 11) is 0. The maximum Gasteiger partial charge on any atom is 0.159 e. The standard InChI is InChI=1S/C20H22ClNO3/c1-15(23)16-4-9-20-19(14-16)22(11-13-25-20)10-2-3-12-24-18-7-5-17(21)6-8-18/h4-9,14H,2-3,10-13H2,1H3. The second-order valence-electron chi connectivity index (χ2n) is 6.08. The van der Waals surface area contributed by atoms with Gasteiger partial charge in [0.1, 0.15) is 18.1 Å². The monoisotopic (exact) mass is 359 g/mol. The maximum atomic E-state index is 11.6. The van der Waals surface area contributed by atoms with Gasteiger partial charge in [-0.25, -0.2) is 0 Å². The number of ether oxygens (including phenoxy) is 2. The zero-order chi connectivity index (χ0) is 17.6. The van der Waals surface area contributed by atoms with Crippen molar-refractivity contribution in [3.63, 3.8) is 0 Å². The summed E-state index contributed by atoms with van der Waals surface area (Å²) in [6.45, 7) is 4.69. The number of Topliss-reactive ketones (excluding diaryl/α,β-unsaturated/α-hetero) is 1. The number of carbonyl (C=O) groups excluding carboxylic acids is 1. The van der Waals surface area contributed by atoms with E-state index in [2.05, 4.69) is 4.90 Å². The van der Waals surface area contributed by atoms with E-state index in [0.29, 0.717) is 18.2 Å². The molecule has 0 atom stereocenters. The highest BCUT2D eigenvalue weighted by Crippen LogP contribution is 2.32. The molecule has 3 rings (SSSR count). The van der Waals surface area contributed by atoms with Crippen molar-refractivity contribution < 1.29 is 14.3 Å². The number of fused-ring (bicyclic) bond motifs is 1. The van der Waals surface area contributed by atoms with E-state index in [9.17, 15) is 4.79 Å². The fourth-order valence-electron chi connectivity index (χ4n) is 2.85. The number of nitrogens with zero attached hydrogens (tertiary/aromatic N) is 1.